The third-order valence-corrected chi connectivity index (χ3v) is 5.78. The first-order valence-electron chi connectivity index (χ1n) is 9.54. The lowest BCUT2D eigenvalue weighted by molar-refractivity contribution is 1.11. The van der Waals surface area contributed by atoms with Gasteiger partial charge in [-0.3, -0.25) is 0 Å². The van der Waals surface area contributed by atoms with Crippen molar-refractivity contribution < 1.29 is 0 Å². The lowest BCUT2D eigenvalue weighted by Crippen LogP contribution is -1.96. The first-order chi connectivity index (χ1) is 12.3. The predicted octanol–water partition coefficient (Wildman–Crippen LogP) is 6.72. The van der Waals surface area contributed by atoms with Gasteiger partial charge in [0.2, 0.25) is 0 Å². The van der Waals surface area contributed by atoms with Crippen LogP contribution in [0.4, 0.5) is 0 Å². The number of hydrogen-bond donors (Lipinski definition) is 0. The molecule has 0 atom stereocenters. The minimum Gasteiger partial charge on any atom is -0.0617 e. The Morgan fingerprint density at radius 3 is 1.15 bits per heavy atom. The van der Waals surface area contributed by atoms with E-state index in [4.69, 9.17) is 0 Å². The molecule has 0 saturated carbocycles. The highest BCUT2D eigenvalue weighted by molar-refractivity contribution is 5.41. The number of benzene rings is 3. The first-order valence-corrected chi connectivity index (χ1v) is 9.54. The molecule has 0 aromatic heterocycles. The monoisotopic (exact) mass is 342 g/mol. The zero-order valence-electron chi connectivity index (χ0n) is 17.0. The maximum atomic E-state index is 2.37. The van der Waals surface area contributed by atoms with Crippen LogP contribution in [0.3, 0.4) is 0 Å². The summed E-state index contributed by atoms with van der Waals surface area (Å²) >= 11 is 0. The van der Waals surface area contributed by atoms with E-state index in [1.165, 1.54) is 55.6 Å². The molecule has 0 amide bonds. The van der Waals surface area contributed by atoms with Gasteiger partial charge in [0.15, 0.2) is 0 Å². The lowest BCUT2D eigenvalue weighted by atomic mass is 9.94. The Labute approximate surface area is 158 Å². The van der Waals surface area contributed by atoms with Crippen LogP contribution in [0.2, 0.25) is 0 Å². The quantitative estimate of drug-likeness (QED) is 0.494. The Hall–Kier alpha value is -2.34. The molecule has 0 heteroatoms. The van der Waals surface area contributed by atoms with Gasteiger partial charge in [-0.25, -0.2) is 0 Å². The Kier molecular flexibility index (Phi) is 5.32. The molecule has 0 N–H and O–H groups in total. The normalized spacial score (nSPS) is 11.0. The minimum absolute atomic E-state index is 1.00. The van der Waals surface area contributed by atoms with Gasteiger partial charge in [0.25, 0.3) is 0 Å². The summed E-state index contributed by atoms with van der Waals surface area (Å²) in [6.45, 7) is 13.3. The summed E-state index contributed by atoms with van der Waals surface area (Å²) in [5.41, 5.74) is 14.0. The van der Waals surface area contributed by atoms with E-state index >= 15 is 0 Å². The Balaban J connectivity index is 1.83. The molecule has 0 unspecified atom stereocenters. The van der Waals surface area contributed by atoms with Crippen molar-refractivity contribution in [1.29, 1.82) is 0 Å². The SMILES string of the molecule is Cc1cc(Cc2cccc(Cc3cc(C)c(C)c(C)c3)c2)cc(C)c1C. The van der Waals surface area contributed by atoms with Crippen LogP contribution >= 0.6 is 0 Å². The smallest absolute Gasteiger partial charge is 0.00255 e. The predicted molar refractivity (Wildman–Crippen MR) is 113 cm³/mol. The van der Waals surface area contributed by atoms with Gasteiger partial charge in [-0.1, -0.05) is 48.5 Å². The van der Waals surface area contributed by atoms with Gasteiger partial charge in [0, 0.05) is 0 Å². The summed E-state index contributed by atoms with van der Waals surface area (Å²) < 4.78 is 0. The lowest BCUT2D eigenvalue weighted by Gasteiger charge is -2.12. The zero-order chi connectivity index (χ0) is 18.8. The number of hydrogen-bond acceptors (Lipinski definition) is 0. The topological polar surface area (TPSA) is 0 Å². The second-order valence-corrected chi connectivity index (χ2v) is 7.88. The molecule has 0 saturated heterocycles. The van der Waals surface area contributed by atoms with Gasteiger partial charge in [-0.2, -0.15) is 0 Å². The molecule has 134 valence electrons. The summed E-state index contributed by atoms with van der Waals surface area (Å²) in [4.78, 5) is 0. The van der Waals surface area contributed by atoms with Gasteiger partial charge in [0.05, 0.1) is 0 Å². The van der Waals surface area contributed by atoms with Crippen molar-refractivity contribution in [1.82, 2.24) is 0 Å². The van der Waals surface area contributed by atoms with Crippen LogP contribution in [0, 0.1) is 41.5 Å². The molecule has 0 aliphatic rings. The standard InChI is InChI=1S/C26H30/c1-17-10-25(11-18(2)21(17)5)15-23-8-7-9-24(14-23)16-26-12-19(3)22(6)20(4)13-26/h7-14H,15-16H2,1-6H3. The van der Waals surface area contributed by atoms with Gasteiger partial charge >= 0.3 is 0 Å². The molecule has 0 bridgehead atoms. The molecule has 0 aliphatic heterocycles. The summed E-state index contributed by atoms with van der Waals surface area (Å²) in [6.07, 6.45) is 2.00. The molecule has 3 aromatic rings. The zero-order valence-corrected chi connectivity index (χ0v) is 17.0. The third kappa shape index (κ3) is 4.07. The van der Waals surface area contributed by atoms with Crippen LogP contribution in [0.25, 0.3) is 0 Å². The number of aryl methyl sites for hydroxylation is 4. The Morgan fingerprint density at radius 2 is 0.808 bits per heavy atom. The Morgan fingerprint density at radius 1 is 0.462 bits per heavy atom. The third-order valence-electron chi connectivity index (χ3n) is 5.78. The van der Waals surface area contributed by atoms with E-state index in [0.29, 0.717) is 0 Å². The average Bonchev–Trinajstić information content (AvgIpc) is 2.58. The van der Waals surface area contributed by atoms with Gasteiger partial charge < -0.3 is 0 Å². The minimum atomic E-state index is 1.00. The second-order valence-electron chi connectivity index (χ2n) is 7.88. The van der Waals surface area contributed by atoms with Crippen LogP contribution < -0.4 is 0 Å². The summed E-state index contributed by atoms with van der Waals surface area (Å²) in [5, 5.41) is 0. The van der Waals surface area contributed by atoms with Crippen molar-refractivity contribution in [2.45, 2.75) is 54.4 Å². The van der Waals surface area contributed by atoms with Crippen molar-refractivity contribution in [3.05, 3.63) is 104 Å². The first kappa shape index (κ1) is 18.5. The van der Waals surface area contributed by atoms with Crippen molar-refractivity contribution >= 4 is 0 Å². The van der Waals surface area contributed by atoms with Crippen molar-refractivity contribution in [2.75, 3.05) is 0 Å². The molecule has 3 aromatic carbocycles. The maximum Gasteiger partial charge on any atom is -0.00255 e. The number of rotatable bonds is 4. The van der Waals surface area contributed by atoms with E-state index in [9.17, 15) is 0 Å². The van der Waals surface area contributed by atoms with Crippen molar-refractivity contribution in [2.24, 2.45) is 0 Å². The fourth-order valence-corrected chi connectivity index (χ4v) is 3.78. The van der Waals surface area contributed by atoms with E-state index in [1.54, 1.807) is 0 Å². The van der Waals surface area contributed by atoms with E-state index < -0.39 is 0 Å². The average molecular weight is 343 g/mol. The summed E-state index contributed by atoms with van der Waals surface area (Å²) in [7, 11) is 0. The molecule has 0 radical (unpaired) electrons. The molecule has 3 rings (SSSR count). The fourth-order valence-electron chi connectivity index (χ4n) is 3.78. The Bertz CT molecular complexity index is 823. The molecule has 26 heavy (non-hydrogen) atoms. The highest BCUT2D eigenvalue weighted by atomic mass is 14.1. The van der Waals surface area contributed by atoms with E-state index in [2.05, 4.69) is 90.1 Å². The fraction of sp³-hybridized carbons (Fsp3) is 0.308. The molecule has 0 nitrogen and oxygen atoms in total. The molecule has 0 aliphatic carbocycles. The van der Waals surface area contributed by atoms with Gasteiger partial charge in [-0.15, -0.1) is 0 Å². The molecular formula is C26H30. The van der Waals surface area contributed by atoms with Crippen LogP contribution in [-0.4, -0.2) is 0 Å². The van der Waals surface area contributed by atoms with Crippen LogP contribution in [0.15, 0.2) is 48.5 Å². The highest BCUT2D eigenvalue weighted by Gasteiger charge is 2.05. The van der Waals surface area contributed by atoms with Crippen molar-refractivity contribution in [3.8, 4) is 0 Å². The molecular weight excluding hydrogens is 312 g/mol. The van der Waals surface area contributed by atoms with E-state index in [1.807, 2.05) is 0 Å². The van der Waals surface area contributed by atoms with E-state index in [-0.39, 0.29) is 0 Å². The molecule has 0 spiro atoms. The van der Waals surface area contributed by atoms with Crippen molar-refractivity contribution in [3.63, 3.8) is 0 Å². The van der Waals surface area contributed by atoms with Crippen LogP contribution in [0.5, 0.6) is 0 Å². The maximum absolute atomic E-state index is 2.37. The summed E-state index contributed by atoms with van der Waals surface area (Å²) in [5.74, 6) is 0. The largest absolute Gasteiger partial charge is 0.0617 e. The van der Waals surface area contributed by atoms with Gasteiger partial charge in [0.1, 0.15) is 0 Å². The van der Waals surface area contributed by atoms with Crippen LogP contribution in [-0.2, 0) is 12.8 Å². The molecule has 0 fully saturated rings. The summed E-state index contributed by atoms with van der Waals surface area (Å²) in [6, 6.07) is 18.4. The van der Waals surface area contributed by atoms with Crippen LogP contribution in [0.1, 0.15) is 55.6 Å². The molecule has 0 heterocycles. The second kappa shape index (κ2) is 7.50. The highest BCUT2D eigenvalue weighted by Crippen LogP contribution is 2.21. The van der Waals surface area contributed by atoms with Gasteiger partial charge in [-0.05, 0) is 110 Å². The van der Waals surface area contributed by atoms with E-state index in [0.717, 1.165) is 12.8 Å².